The topological polar surface area (TPSA) is 97.5 Å². The molecule has 10 nitrogen and oxygen atoms in total. The molecule has 0 atom stereocenters. The molecule has 1 aromatic carbocycles. The quantitative estimate of drug-likeness (QED) is 0.550. The molecule has 2 fully saturated rings. The molecule has 1 saturated heterocycles. The molecular weight excluding hydrogens is 484 g/mol. The average molecular weight is 531 g/mol. The summed E-state index contributed by atoms with van der Waals surface area (Å²) in [5.41, 5.74) is 0.895. The predicted molar refractivity (Wildman–Crippen MR) is 148 cm³/mol. The fourth-order valence-electron chi connectivity index (χ4n) is 4.82. The van der Waals surface area contributed by atoms with Gasteiger partial charge in [-0.2, -0.15) is 0 Å². The van der Waals surface area contributed by atoms with Gasteiger partial charge in [0.25, 0.3) is 0 Å². The highest BCUT2D eigenvalue weighted by molar-refractivity contribution is 5.82. The molecule has 3 amide bonds. The molecule has 1 aliphatic heterocycles. The Hall–Kier alpha value is -2.69. The van der Waals surface area contributed by atoms with Crippen LogP contribution >= 0.6 is 0 Å². The summed E-state index contributed by atoms with van der Waals surface area (Å²) in [6, 6.07) is 9.77. The summed E-state index contributed by atoms with van der Waals surface area (Å²) in [4.78, 5) is 46.1. The summed E-state index contributed by atoms with van der Waals surface area (Å²) in [5.74, 6) is 0.00222. The minimum atomic E-state index is -0.599. The van der Waals surface area contributed by atoms with Gasteiger partial charge in [-0.05, 0) is 32.5 Å². The van der Waals surface area contributed by atoms with E-state index in [2.05, 4.69) is 25.3 Å². The molecule has 2 aliphatic rings. The van der Waals surface area contributed by atoms with Gasteiger partial charge in [0.2, 0.25) is 11.8 Å². The molecule has 0 spiro atoms. The molecule has 0 aromatic heterocycles. The van der Waals surface area contributed by atoms with Gasteiger partial charge in [0, 0.05) is 58.4 Å². The zero-order valence-electron chi connectivity index (χ0n) is 23.2. The van der Waals surface area contributed by atoms with Crippen molar-refractivity contribution in [3.05, 3.63) is 35.9 Å². The molecular formula is C28H46N6O4. The lowest BCUT2D eigenvalue weighted by Gasteiger charge is -2.32. The third-order valence-corrected chi connectivity index (χ3v) is 7.39. The first-order valence-corrected chi connectivity index (χ1v) is 14.0. The van der Waals surface area contributed by atoms with Gasteiger partial charge in [-0.1, -0.05) is 49.6 Å². The molecule has 1 saturated carbocycles. The van der Waals surface area contributed by atoms with Gasteiger partial charge in [-0.25, -0.2) is 4.79 Å². The third-order valence-electron chi connectivity index (χ3n) is 7.39. The highest BCUT2D eigenvalue weighted by Gasteiger charge is 2.20. The van der Waals surface area contributed by atoms with E-state index in [-0.39, 0.29) is 25.0 Å². The number of ether oxygens (including phenoxy) is 1. The number of alkyl carbamates (subject to hydrolysis) is 1. The monoisotopic (exact) mass is 530 g/mol. The van der Waals surface area contributed by atoms with E-state index in [1.54, 1.807) is 0 Å². The number of nitrogens with zero attached hydrogens (tertiary/aromatic N) is 4. The number of carbonyl (C=O) groups excluding carboxylic acids is 3. The number of hydrogen-bond acceptors (Lipinski definition) is 7. The van der Waals surface area contributed by atoms with E-state index in [1.165, 1.54) is 19.3 Å². The van der Waals surface area contributed by atoms with E-state index in [4.69, 9.17) is 4.74 Å². The zero-order valence-corrected chi connectivity index (χ0v) is 23.2. The van der Waals surface area contributed by atoms with Crippen molar-refractivity contribution < 1.29 is 19.1 Å². The van der Waals surface area contributed by atoms with Crippen molar-refractivity contribution in [2.75, 3.05) is 79.5 Å². The fourth-order valence-corrected chi connectivity index (χ4v) is 4.82. The fraction of sp³-hybridized carbons (Fsp3) is 0.679. The second-order valence-electron chi connectivity index (χ2n) is 10.6. The summed E-state index contributed by atoms with van der Waals surface area (Å²) < 4.78 is 5.22. The van der Waals surface area contributed by atoms with Crippen LogP contribution in [0.2, 0.25) is 0 Å². The molecule has 1 heterocycles. The Labute approximate surface area is 227 Å². The molecule has 0 radical (unpaired) electrons. The Morgan fingerprint density at radius 2 is 1.45 bits per heavy atom. The maximum atomic E-state index is 12.9. The first-order chi connectivity index (χ1) is 18.4. The lowest BCUT2D eigenvalue weighted by atomic mass is 9.95. The number of likely N-dealkylation sites (N-methyl/N-ethyl adjacent to an activating group) is 2. The molecule has 212 valence electrons. The van der Waals surface area contributed by atoms with Crippen LogP contribution in [0.3, 0.4) is 0 Å². The van der Waals surface area contributed by atoms with Crippen molar-refractivity contribution >= 4 is 17.9 Å². The standard InChI is InChI=1S/C28H46N6O4/c1-31-13-17-33(22-26(35)30-25-11-7-4-8-12-25)18-14-32(2)16-20-34(19-15-31)27(36)21-29-28(37)38-23-24-9-5-3-6-10-24/h3,5-6,9-10,25H,4,7-8,11-23H2,1-2H3,(H,29,37)(H,30,35). The molecule has 3 rings (SSSR count). The molecule has 1 aliphatic carbocycles. The number of carbonyl (C=O) groups is 3. The van der Waals surface area contributed by atoms with Crippen molar-refractivity contribution in [1.29, 1.82) is 0 Å². The number of rotatable bonds is 7. The lowest BCUT2D eigenvalue weighted by Crippen LogP contribution is -2.49. The number of benzene rings is 1. The Balaban J connectivity index is 1.42. The zero-order chi connectivity index (χ0) is 27.2. The maximum absolute atomic E-state index is 12.9. The summed E-state index contributed by atoms with van der Waals surface area (Å²) in [6.07, 6.45) is 5.28. The summed E-state index contributed by atoms with van der Waals surface area (Å²) in [7, 11) is 4.08. The first-order valence-electron chi connectivity index (χ1n) is 14.0. The van der Waals surface area contributed by atoms with Gasteiger partial charge in [0.1, 0.15) is 13.2 Å². The van der Waals surface area contributed by atoms with E-state index in [1.807, 2.05) is 49.3 Å². The molecule has 2 N–H and O–H groups in total. The molecule has 1 aromatic rings. The van der Waals surface area contributed by atoms with Crippen LogP contribution in [0.15, 0.2) is 30.3 Å². The van der Waals surface area contributed by atoms with Gasteiger partial charge in [0.15, 0.2) is 0 Å². The van der Waals surface area contributed by atoms with E-state index in [0.29, 0.717) is 25.7 Å². The lowest BCUT2D eigenvalue weighted by molar-refractivity contribution is -0.130. The van der Waals surface area contributed by atoms with Crippen LogP contribution in [0, 0.1) is 0 Å². The van der Waals surface area contributed by atoms with Crippen molar-refractivity contribution in [3.8, 4) is 0 Å². The van der Waals surface area contributed by atoms with Gasteiger partial charge in [0.05, 0.1) is 6.54 Å². The minimum Gasteiger partial charge on any atom is -0.445 e. The summed E-state index contributed by atoms with van der Waals surface area (Å²) in [5, 5.41) is 5.83. The van der Waals surface area contributed by atoms with Crippen molar-refractivity contribution in [2.45, 2.75) is 44.8 Å². The number of nitrogens with one attached hydrogen (secondary N) is 2. The second-order valence-corrected chi connectivity index (χ2v) is 10.6. The van der Waals surface area contributed by atoms with E-state index < -0.39 is 6.09 Å². The van der Waals surface area contributed by atoms with Crippen LogP contribution in [0.5, 0.6) is 0 Å². The van der Waals surface area contributed by atoms with Crippen molar-refractivity contribution in [3.63, 3.8) is 0 Å². The Bertz CT molecular complexity index is 846. The number of amides is 3. The summed E-state index contributed by atoms with van der Waals surface area (Å²) in [6.45, 7) is 6.30. The van der Waals surface area contributed by atoms with Crippen LogP contribution in [0.25, 0.3) is 0 Å². The van der Waals surface area contributed by atoms with Gasteiger partial charge >= 0.3 is 6.09 Å². The Kier molecular flexibility index (Phi) is 12.8. The second kappa shape index (κ2) is 16.3. The highest BCUT2D eigenvalue weighted by atomic mass is 16.5. The number of hydrogen-bond donors (Lipinski definition) is 2. The van der Waals surface area contributed by atoms with Crippen LogP contribution in [0.4, 0.5) is 4.79 Å². The molecule has 0 unspecified atom stereocenters. The average Bonchev–Trinajstić information content (AvgIpc) is 2.92. The smallest absolute Gasteiger partial charge is 0.407 e. The largest absolute Gasteiger partial charge is 0.445 e. The Morgan fingerprint density at radius 3 is 2.08 bits per heavy atom. The first kappa shape index (κ1) is 29.9. The minimum absolute atomic E-state index is 0.0923. The maximum Gasteiger partial charge on any atom is 0.407 e. The molecule has 10 heteroatoms. The van der Waals surface area contributed by atoms with E-state index >= 15 is 0 Å². The summed E-state index contributed by atoms with van der Waals surface area (Å²) >= 11 is 0. The third kappa shape index (κ3) is 11.4. The highest BCUT2D eigenvalue weighted by Crippen LogP contribution is 2.17. The molecule has 0 bridgehead atoms. The normalized spacial score (nSPS) is 19.7. The van der Waals surface area contributed by atoms with Crippen LogP contribution < -0.4 is 10.6 Å². The van der Waals surface area contributed by atoms with E-state index in [0.717, 1.165) is 57.7 Å². The van der Waals surface area contributed by atoms with E-state index in [9.17, 15) is 14.4 Å². The van der Waals surface area contributed by atoms with Crippen LogP contribution in [-0.2, 0) is 20.9 Å². The van der Waals surface area contributed by atoms with Gasteiger partial charge < -0.3 is 30.1 Å². The van der Waals surface area contributed by atoms with Gasteiger partial charge in [-0.15, -0.1) is 0 Å². The predicted octanol–water partition coefficient (Wildman–Crippen LogP) is 1.37. The van der Waals surface area contributed by atoms with Crippen molar-refractivity contribution in [1.82, 2.24) is 30.2 Å². The Morgan fingerprint density at radius 1 is 0.842 bits per heavy atom. The van der Waals surface area contributed by atoms with Crippen LogP contribution in [0.1, 0.15) is 37.7 Å². The SMILES string of the molecule is CN1CCN(CC(=O)NC2CCCCC2)CCN(C)CCN(C(=O)CNC(=O)OCc2ccccc2)CC1. The van der Waals surface area contributed by atoms with Crippen LogP contribution in [-0.4, -0.2) is 123 Å². The van der Waals surface area contributed by atoms with Gasteiger partial charge in [-0.3, -0.25) is 14.5 Å². The van der Waals surface area contributed by atoms with Crippen molar-refractivity contribution in [2.24, 2.45) is 0 Å². The molecule has 38 heavy (non-hydrogen) atoms.